The number of rotatable bonds is 5. The first-order valence-electron chi connectivity index (χ1n) is 9.47. The summed E-state index contributed by atoms with van der Waals surface area (Å²) in [5.41, 5.74) is 0.923. The zero-order valence-electron chi connectivity index (χ0n) is 15.7. The molecule has 2 fully saturated rings. The molecular weight excluding hydrogens is 350 g/mol. The zero-order valence-corrected chi connectivity index (χ0v) is 16.6. The highest BCUT2D eigenvalue weighted by molar-refractivity contribution is 7.13. The van der Waals surface area contributed by atoms with Gasteiger partial charge < -0.3 is 10.2 Å². The Labute approximate surface area is 159 Å². The molecule has 3 heterocycles. The molecule has 2 saturated heterocycles. The van der Waals surface area contributed by atoms with Gasteiger partial charge in [-0.1, -0.05) is 0 Å². The Morgan fingerprint density at radius 1 is 1.15 bits per heavy atom. The first kappa shape index (κ1) is 19.3. The Balaban J connectivity index is 1.38. The number of thiazole rings is 1. The van der Waals surface area contributed by atoms with Crippen molar-refractivity contribution in [2.75, 3.05) is 51.1 Å². The van der Waals surface area contributed by atoms with Gasteiger partial charge in [0.2, 0.25) is 11.8 Å². The van der Waals surface area contributed by atoms with Crippen LogP contribution in [0.15, 0.2) is 5.38 Å². The number of nitrogens with one attached hydrogen (secondary N) is 1. The maximum atomic E-state index is 12.5. The standard InChI is InChI=1S/C18H29N5O2S/c1-14-13-26-18(19-14)20-16(24)11-21-7-9-22(10-8-21)12-17(25)23-6-4-3-5-15(23)2/h13,15H,3-12H2,1-2H3,(H,19,20,24). The lowest BCUT2D eigenvalue weighted by atomic mass is 10.0. The van der Waals surface area contributed by atoms with Crippen LogP contribution in [0.2, 0.25) is 0 Å². The van der Waals surface area contributed by atoms with E-state index in [9.17, 15) is 9.59 Å². The minimum Gasteiger partial charge on any atom is -0.339 e. The topological polar surface area (TPSA) is 68.8 Å². The molecule has 1 aromatic rings. The molecule has 0 aliphatic carbocycles. The highest BCUT2D eigenvalue weighted by Gasteiger charge is 2.26. The van der Waals surface area contributed by atoms with E-state index in [-0.39, 0.29) is 11.8 Å². The molecule has 0 aromatic carbocycles. The monoisotopic (exact) mass is 379 g/mol. The summed E-state index contributed by atoms with van der Waals surface area (Å²) in [4.78, 5) is 35.3. The molecule has 0 spiro atoms. The second-order valence-electron chi connectivity index (χ2n) is 7.33. The third-order valence-corrected chi connectivity index (χ3v) is 6.06. The molecule has 1 N–H and O–H groups in total. The zero-order chi connectivity index (χ0) is 18.5. The molecule has 1 atom stereocenters. The van der Waals surface area contributed by atoms with Crippen molar-refractivity contribution in [2.45, 2.75) is 39.2 Å². The maximum absolute atomic E-state index is 12.5. The van der Waals surface area contributed by atoms with Gasteiger partial charge in [0.15, 0.2) is 5.13 Å². The second-order valence-corrected chi connectivity index (χ2v) is 8.18. The van der Waals surface area contributed by atoms with Gasteiger partial charge in [0, 0.05) is 44.1 Å². The summed E-state index contributed by atoms with van der Waals surface area (Å²) < 4.78 is 0. The van der Waals surface area contributed by atoms with E-state index in [2.05, 4.69) is 27.0 Å². The van der Waals surface area contributed by atoms with Crippen LogP contribution in [0.25, 0.3) is 0 Å². The van der Waals surface area contributed by atoms with E-state index in [1.54, 1.807) is 0 Å². The fourth-order valence-electron chi connectivity index (χ4n) is 3.63. The van der Waals surface area contributed by atoms with E-state index in [0.717, 1.165) is 51.3 Å². The third-order valence-electron chi connectivity index (χ3n) is 5.18. The fourth-order valence-corrected chi connectivity index (χ4v) is 4.33. The molecule has 26 heavy (non-hydrogen) atoms. The van der Waals surface area contributed by atoms with Crippen LogP contribution in [0.3, 0.4) is 0 Å². The molecule has 2 aliphatic rings. The van der Waals surface area contributed by atoms with Crippen LogP contribution in [-0.2, 0) is 9.59 Å². The van der Waals surface area contributed by atoms with Gasteiger partial charge >= 0.3 is 0 Å². The van der Waals surface area contributed by atoms with Crippen molar-refractivity contribution in [1.29, 1.82) is 0 Å². The van der Waals surface area contributed by atoms with Gasteiger partial charge in [-0.2, -0.15) is 0 Å². The molecule has 7 nitrogen and oxygen atoms in total. The van der Waals surface area contributed by atoms with Crippen LogP contribution in [0.4, 0.5) is 5.13 Å². The van der Waals surface area contributed by atoms with Crippen molar-refractivity contribution < 1.29 is 9.59 Å². The summed E-state index contributed by atoms with van der Waals surface area (Å²) in [5, 5.41) is 5.44. The van der Waals surface area contributed by atoms with Crippen LogP contribution < -0.4 is 5.32 Å². The van der Waals surface area contributed by atoms with Crippen LogP contribution in [0.1, 0.15) is 31.9 Å². The van der Waals surface area contributed by atoms with Crippen molar-refractivity contribution in [3.8, 4) is 0 Å². The summed E-state index contributed by atoms with van der Waals surface area (Å²) in [6, 6.07) is 0.371. The number of piperazine rings is 1. The molecule has 1 unspecified atom stereocenters. The maximum Gasteiger partial charge on any atom is 0.240 e. The molecular formula is C18H29N5O2S. The average molecular weight is 380 g/mol. The number of anilines is 1. The summed E-state index contributed by atoms with van der Waals surface area (Å²) in [7, 11) is 0. The predicted octanol–water partition coefficient (Wildman–Crippen LogP) is 1.41. The van der Waals surface area contributed by atoms with E-state index in [4.69, 9.17) is 0 Å². The highest BCUT2D eigenvalue weighted by atomic mass is 32.1. The van der Waals surface area contributed by atoms with E-state index in [1.807, 2.05) is 17.2 Å². The normalized spacial score (nSPS) is 22.4. The van der Waals surface area contributed by atoms with Gasteiger partial charge in [-0.25, -0.2) is 4.98 Å². The van der Waals surface area contributed by atoms with Crippen LogP contribution >= 0.6 is 11.3 Å². The predicted molar refractivity (Wildman–Crippen MR) is 103 cm³/mol. The average Bonchev–Trinajstić information content (AvgIpc) is 3.01. The van der Waals surface area contributed by atoms with Gasteiger partial charge in [-0.05, 0) is 33.1 Å². The molecule has 1 aromatic heterocycles. The van der Waals surface area contributed by atoms with Crippen molar-refractivity contribution in [2.24, 2.45) is 0 Å². The summed E-state index contributed by atoms with van der Waals surface area (Å²) >= 11 is 1.45. The Morgan fingerprint density at radius 2 is 1.85 bits per heavy atom. The smallest absolute Gasteiger partial charge is 0.240 e. The summed E-state index contributed by atoms with van der Waals surface area (Å²) in [5.74, 6) is 0.230. The van der Waals surface area contributed by atoms with Crippen LogP contribution in [0, 0.1) is 6.92 Å². The lowest BCUT2D eigenvalue weighted by Crippen LogP contribution is -2.53. The van der Waals surface area contributed by atoms with Gasteiger partial charge in [-0.3, -0.25) is 19.4 Å². The van der Waals surface area contributed by atoms with Crippen molar-refractivity contribution in [3.05, 3.63) is 11.1 Å². The van der Waals surface area contributed by atoms with Gasteiger partial charge in [0.05, 0.1) is 18.8 Å². The molecule has 8 heteroatoms. The third kappa shape index (κ3) is 5.25. The summed E-state index contributed by atoms with van der Waals surface area (Å²) in [6.45, 7) is 9.13. The summed E-state index contributed by atoms with van der Waals surface area (Å²) in [6.07, 6.45) is 3.47. The van der Waals surface area contributed by atoms with Gasteiger partial charge in [0.25, 0.3) is 0 Å². The number of carbonyl (C=O) groups is 2. The van der Waals surface area contributed by atoms with Crippen LogP contribution in [-0.4, -0.2) is 83.4 Å². The Bertz CT molecular complexity index is 627. The first-order chi connectivity index (χ1) is 12.5. The first-order valence-corrected chi connectivity index (χ1v) is 10.4. The Morgan fingerprint density at radius 3 is 2.46 bits per heavy atom. The molecule has 144 valence electrons. The van der Waals surface area contributed by atoms with Crippen molar-refractivity contribution >= 4 is 28.3 Å². The SMILES string of the molecule is Cc1csc(NC(=O)CN2CCN(CC(=O)N3CCCCC3C)CC2)n1. The number of aromatic nitrogens is 1. The number of carbonyl (C=O) groups excluding carboxylic acids is 2. The number of hydrogen-bond acceptors (Lipinski definition) is 6. The molecule has 3 rings (SSSR count). The quantitative estimate of drug-likeness (QED) is 0.838. The van der Waals surface area contributed by atoms with Crippen molar-refractivity contribution in [1.82, 2.24) is 19.7 Å². The number of aryl methyl sites for hydroxylation is 1. The molecule has 0 bridgehead atoms. The highest BCUT2D eigenvalue weighted by Crippen LogP contribution is 2.17. The van der Waals surface area contributed by atoms with Gasteiger partial charge in [0.1, 0.15) is 0 Å². The molecule has 0 radical (unpaired) electrons. The number of likely N-dealkylation sites (tertiary alicyclic amines) is 1. The second kappa shape index (κ2) is 8.92. The molecule has 2 amide bonds. The molecule has 0 saturated carbocycles. The van der Waals surface area contributed by atoms with E-state index < -0.39 is 0 Å². The minimum absolute atomic E-state index is 0.0222. The number of amides is 2. The van der Waals surface area contributed by atoms with Crippen molar-refractivity contribution in [3.63, 3.8) is 0 Å². The van der Waals surface area contributed by atoms with Gasteiger partial charge in [-0.15, -0.1) is 11.3 Å². The Hall–Kier alpha value is -1.51. The van der Waals surface area contributed by atoms with E-state index in [0.29, 0.717) is 24.3 Å². The number of hydrogen-bond donors (Lipinski definition) is 1. The van der Waals surface area contributed by atoms with Crippen LogP contribution in [0.5, 0.6) is 0 Å². The lowest BCUT2D eigenvalue weighted by molar-refractivity contribution is -0.136. The lowest BCUT2D eigenvalue weighted by Gasteiger charge is -2.37. The Kier molecular flexibility index (Phi) is 6.61. The largest absolute Gasteiger partial charge is 0.339 e. The number of nitrogens with zero attached hydrogens (tertiary/aromatic N) is 4. The number of piperidine rings is 1. The fraction of sp³-hybridized carbons (Fsp3) is 0.722. The minimum atomic E-state index is -0.0222. The molecule has 2 aliphatic heterocycles. The van der Waals surface area contributed by atoms with E-state index >= 15 is 0 Å². The van der Waals surface area contributed by atoms with E-state index in [1.165, 1.54) is 17.8 Å².